The normalized spacial score (nSPS) is 11.6. The predicted octanol–water partition coefficient (Wildman–Crippen LogP) is 2.92. The van der Waals surface area contributed by atoms with Gasteiger partial charge in [0.1, 0.15) is 5.75 Å². The Morgan fingerprint density at radius 1 is 1.08 bits per heavy atom. The average Bonchev–Trinajstić information content (AvgIpc) is 2.62. The summed E-state index contributed by atoms with van der Waals surface area (Å²) in [5.74, 6) is 0.339. The highest BCUT2D eigenvalue weighted by Crippen LogP contribution is 2.19. The number of rotatable bonds is 7. The highest BCUT2D eigenvalue weighted by molar-refractivity contribution is 8.00. The zero-order valence-electron chi connectivity index (χ0n) is 14.2. The molecule has 8 heteroatoms. The molecule has 0 N–H and O–H groups in total. The van der Waals surface area contributed by atoms with Crippen molar-refractivity contribution in [2.24, 2.45) is 0 Å². The van der Waals surface area contributed by atoms with Crippen LogP contribution in [0, 0.1) is 0 Å². The monoisotopic (exact) mass is 390 g/mol. The Bertz CT molecular complexity index is 1060. The van der Waals surface area contributed by atoms with Gasteiger partial charge in [0.15, 0.2) is 5.16 Å². The molecule has 0 unspecified atom stereocenters. The molecule has 0 saturated carbocycles. The molecule has 1 aromatic heterocycles. The van der Waals surface area contributed by atoms with Gasteiger partial charge in [-0.25, -0.2) is 4.98 Å². The third-order valence-corrected chi connectivity index (χ3v) is 6.06. The Morgan fingerprint density at radius 3 is 2.50 bits per heavy atom. The standard InChI is InChI=1S/C18H18N2O4S2/c1-2-20-17(21)15-10-6-7-11-16(15)19-18(20)25-12-13-26(22,23)24-14-8-4-3-5-9-14/h3-11H,2,12-13H2,1H3. The molecule has 1 heterocycles. The lowest BCUT2D eigenvalue weighted by atomic mass is 10.2. The first-order valence-corrected chi connectivity index (χ1v) is 10.7. The van der Waals surface area contributed by atoms with E-state index < -0.39 is 10.1 Å². The first kappa shape index (κ1) is 18.5. The molecule has 0 spiro atoms. The smallest absolute Gasteiger partial charge is 0.310 e. The Labute approximate surface area is 156 Å². The van der Waals surface area contributed by atoms with Crippen LogP contribution in [-0.2, 0) is 16.7 Å². The fourth-order valence-corrected chi connectivity index (χ4v) is 4.79. The van der Waals surface area contributed by atoms with E-state index in [2.05, 4.69) is 4.98 Å². The number of para-hydroxylation sites is 2. The van der Waals surface area contributed by atoms with Crippen LogP contribution in [0.25, 0.3) is 10.9 Å². The summed E-state index contributed by atoms with van der Waals surface area (Å²) in [5.41, 5.74) is 0.483. The minimum atomic E-state index is -3.71. The largest absolute Gasteiger partial charge is 0.382 e. The number of fused-ring (bicyclic) bond motifs is 1. The maximum absolute atomic E-state index is 12.5. The van der Waals surface area contributed by atoms with Crippen LogP contribution in [-0.4, -0.2) is 29.5 Å². The van der Waals surface area contributed by atoms with Gasteiger partial charge in [-0.05, 0) is 31.2 Å². The van der Waals surface area contributed by atoms with Crippen molar-refractivity contribution in [2.75, 3.05) is 11.5 Å². The summed E-state index contributed by atoms with van der Waals surface area (Å²) < 4.78 is 30.8. The van der Waals surface area contributed by atoms with Crippen LogP contribution in [0.1, 0.15) is 6.92 Å². The lowest BCUT2D eigenvalue weighted by Gasteiger charge is -2.11. The van der Waals surface area contributed by atoms with Crippen molar-refractivity contribution in [2.45, 2.75) is 18.6 Å². The van der Waals surface area contributed by atoms with E-state index in [1.54, 1.807) is 53.1 Å². The van der Waals surface area contributed by atoms with Gasteiger partial charge >= 0.3 is 10.1 Å². The number of thioether (sulfide) groups is 1. The summed E-state index contributed by atoms with van der Waals surface area (Å²) in [6.45, 7) is 2.32. The van der Waals surface area contributed by atoms with Crippen molar-refractivity contribution in [1.29, 1.82) is 0 Å². The van der Waals surface area contributed by atoms with Gasteiger partial charge in [0.2, 0.25) is 0 Å². The van der Waals surface area contributed by atoms with Crippen LogP contribution in [0.2, 0.25) is 0 Å². The van der Waals surface area contributed by atoms with E-state index in [-0.39, 0.29) is 22.8 Å². The maximum atomic E-state index is 12.5. The summed E-state index contributed by atoms with van der Waals surface area (Å²) >= 11 is 1.23. The lowest BCUT2D eigenvalue weighted by Crippen LogP contribution is -2.23. The van der Waals surface area contributed by atoms with Crippen LogP contribution in [0.15, 0.2) is 64.5 Å². The second-order valence-corrected chi connectivity index (χ2v) is 8.22. The van der Waals surface area contributed by atoms with Gasteiger partial charge in [-0.3, -0.25) is 9.36 Å². The molecule has 26 heavy (non-hydrogen) atoms. The quantitative estimate of drug-likeness (QED) is 0.351. The Balaban J connectivity index is 1.74. The first-order valence-electron chi connectivity index (χ1n) is 8.10. The third-order valence-electron chi connectivity index (χ3n) is 3.67. The summed E-state index contributed by atoms with van der Waals surface area (Å²) in [6, 6.07) is 15.5. The Kier molecular flexibility index (Phi) is 5.63. The van der Waals surface area contributed by atoms with E-state index >= 15 is 0 Å². The molecule has 0 saturated heterocycles. The Hall–Kier alpha value is -2.32. The molecule has 0 bridgehead atoms. The van der Waals surface area contributed by atoms with E-state index in [1.807, 2.05) is 13.0 Å². The minimum absolute atomic E-state index is 0.121. The van der Waals surface area contributed by atoms with Crippen LogP contribution < -0.4 is 9.74 Å². The molecular weight excluding hydrogens is 372 g/mol. The van der Waals surface area contributed by atoms with Gasteiger partial charge < -0.3 is 4.18 Å². The molecule has 3 aromatic rings. The molecule has 6 nitrogen and oxygen atoms in total. The number of aromatic nitrogens is 2. The van der Waals surface area contributed by atoms with E-state index in [9.17, 15) is 13.2 Å². The summed E-state index contributed by atoms with van der Waals surface area (Å²) in [4.78, 5) is 17.0. The number of benzene rings is 2. The molecule has 2 aromatic carbocycles. The zero-order valence-corrected chi connectivity index (χ0v) is 15.8. The predicted molar refractivity (Wildman–Crippen MR) is 103 cm³/mol. The topological polar surface area (TPSA) is 78.3 Å². The molecule has 0 atom stereocenters. The number of nitrogens with zero attached hydrogens (tertiary/aromatic N) is 2. The van der Waals surface area contributed by atoms with Gasteiger partial charge in [-0.1, -0.05) is 42.1 Å². The van der Waals surface area contributed by atoms with Gasteiger partial charge in [-0.2, -0.15) is 8.42 Å². The third kappa shape index (κ3) is 4.25. The highest BCUT2D eigenvalue weighted by atomic mass is 32.2. The van der Waals surface area contributed by atoms with Gasteiger partial charge in [-0.15, -0.1) is 0 Å². The van der Waals surface area contributed by atoms with Crippen molar-refractivity contribution >= 4 is 32.8 Å². The van der Waals surface area contributed by atoms with Crippen molar-refractivity contribution < 1.29 is 12.6 Å². The summed E-state index contributed by atoms with van der Waals surface area (Å²) in [5, 5.41) is 1.06. The van der Waals surface area contributed by atoms with E-state index in [0.717, 1.165) is 0 Å². The molecule has 0 aliphatic rings. The van der Waals surface area contributed by atoms with Crippen LogP contribution >= 0.6 is 11.8 Å². The van der Waals surface area contributed by atoms with Gasteiger partial charge in [0.25, 0.3) is 5.56 Å². The van der Waals surface area contributed by atoms with Gasteiger partial charge in [0, 0.05) is 12.3 Å². The van der Waals surface area contributed by atoms with E-state index in [0.29, 0.717) is 22.6 Å². The van der Waals surface area contributed by atoms with E-state index in [4.69, 9.17) is 4.18 Å². The van der Waals surface area contributed by atoms with Crippen molar-refractivity contribution in [1.82, 2.24) is 9.55 Å². The molecule has 0 fully saturated rings. The second kappa shape index (κ2) is 7.92. The first-order chi connectivity index (χ1) is 12.5. The van der Waals surface area contributed by atoms with Crippen molar-refractivity contribution in [3.05, 3.63) is 65.0 Å². The lowest BCUT2D eigenvalue weighted by molar-refractivity contribution is 0.488. The minimum Gasteiger partial charge on any atom is -0.382 e. The van der Waals surface area contributed by atoms with Gasteiger partial charge in [0.05, 0.1) is 16.7 Å². The van der Waals surface area contributed by atoms with E-state index in [1.165, 1.54) is 11.8 Å². The average molecular weight is 390 g/mol. The zero-order chi connectivity index (χ0) is 18.6. The fourth-order valence-electron chi connectivity index (χ4n) is 2.44. The van der Waals surface area contributed by atoms with Crippen LogP contribution in [0.3, 0.4) is 0 Å². The summed E-state index contributed by atoms with van der Waals surface area (Å²) in [6.07, 6.45) is 0. The fraction of sp³-hybridized carbons (Fsp3) is 0.222. The molecular formula is C18H18N2O4S2. The molecule has 3 rings (SSSR count). The molecule has 136 valence electrons. The van der Waals surface area contributed by atoms with Crippen molar-refractivity contribution in [3.63, 3.8) is 0 Å². The molecule has 0 aliphatic heterocycles. The van der Waals surface area contributed by atoms with Crippen molar-refractivity contribution in [3.8, 4) is 5.75 Å². The molecule has 0 aliphatic carbocycles. The van der Waals surface area contributed by atoms with Crippen LogP contribution in [0.5, 0.6) is 5.75 Å². The number of hydrogen-bond donors (Lipinski definition) is 0. The molecule has 0 amide bonds. The van der Waals surface area contributed by atoms with Crippen LogP contribution in [0.4, 0.5) is 0 Å². The summed E-state index contributed by atoms with van der Waals surface area (Å²) in [7, 11) is -3.71. The SMILES string of the molecule is CCn1c(SCCS(=O)(=O)Oc2ccccc2)nc2ccccc2c1=O. The Morgan fingerprint density at radius 2 is 1.77 bits per heavy atom. The molecule has 0 radical (unpaired) electrons. The second-order valence-electron chi connectivity index (χ2n) is 5.47. The maximum Gasteiger partial charge on any atom is 0.310 e. The number of hydrogen-bond acceptors (Lipinski definition) is 6. The highest BCUT2D eigenvalue weighted by Gasteiger charge is 2.15.